The van der Waals surface area contributed by atoms with Crippen LogP contribution in [0.3, 0.4) is 0 Å². The van der Waals surface area contributed by atoms with Crippen molar-refractivity contribution in [2.24, 2.45) is 0 Å². The minimum atomic E-state index is 0.920. The molecule has 0 bridgehead atoms. The Morgan fingerprint density at radius 2 is 1.72 bits per heavy atom. The fourth-order valence-corrected chi connectivity index (χ4v) is 4.61. The Morgan fingerprint density at radius 1 is 0.966 bits per heavy atom. The van der Waals surface area contributed by atoms with Gasteiger partial charge in [0.2, 0.25) is 5.52 Å². The van der Waals surface area contributed by atoms with Crippen LogP contribution in [-0.2, 0) is 6.54 Å². The molecule has 0 aliphatic carbocycles. The first-order valence-corrected chi connectivity index (χ1v) is 11.4. The number of fused-ring (bicyclic) bond motifs is 1. The summed E-state index contributed by atoms with van der Waals surface area (Å²) in [5.41, 5.74) is 3.74. The molecule has 3 aromatic rings. The topological polar surface area (TPSA) is 16.4 Å². The highest BCUT2D eigenvalue weighted by Gasteiger charge is 2.18. The average Bonchev–Trinajstić information content (AvgIpc) is 3.09. The normalized spacial score (nSPS) is 11.4. The molecule has 3 nitrogen and oxygen atoms in total. The van der Waals surface area contributed by atoms with E-state index in [1.807, 2.05) is 11.3 Å². The van der Waals surface area contributed by atoms with Crippen LogP contribution in [0.25, 0.3) is 22.4 Å². The first-order chi connectivity index (χ1) is 14.1. The number of hydrogen-bond donors (Lipinski definition) is 0. The smallest absolute Gasteiger partial charge is 0.262 e. The van der Waals surface area contributed by atoms with E-state index in [2.05, 4.69) is 85.1 Å². The monoisotopic (exact) mass is 409 g/mol. The third-order valence-electron chi connectivity index (χ3n) is 5.25. The summed E-state index contributed by atoms with van der Waals surface area (Å²) in [5, 5.41) is 1.29. The second-order valence-corrected chi connectivity index (χ2v) is 8.72. The van der Waals surface area contributed by atoms with Gasteiger partial charge < -0.3 is 9.64 Å². The zero-order valence-corrected chi connectivity index (χ0v) is 19.0. The van der Waals surface area contributed by atoms with Gasteiger partial charge in [-0.1, -0.05) is 49.7 Å². The maximum Gasteiger partial charge on any atom is 0.262 e. The third-order valence-corrected chi connectivity index (χ3v) is 6.36. The van der Waals surface area contributed by atoms with Crippen LogP contribution < -0.4 is 14.2 Å². The van der Waals surface area contributed by atoms with Crippen LogP contribution in [0.1, 0.15) is 49.6 Å². The number of methoxy groups -OCH3 is 1. The Hall–Kier alpha value is -2.33. The van der Waals surface area contributed by atoms with E-state index in [0.29, 0.717) is 0 Å². The molecule has 0 atom stereocenters. The standard InChI is InChI=1S/C25H33N2OS/c1-5-6-7-8-9-18-27-23-16-15-22(28-4)19-24(23)29-25(27)17-12-20-10-13-21(14-11-20)26(2)3/h10-17,19H,5-9,18H2,1-4H3/q+1. The molecule has 0 fully saturated rings. The molecular formula is C25H33N2OS+. The van der Waals surface area contributed by atoms with Crippen molar-refractivity contribution >= 4 is 39.4 Å². The van der Waals surface area contributed by atoms with Gasteiger partial charge in [0.25, 0.3) is 5.01 Å². The van der Waals surface area contributed by atoms with E-state index in [-0.39, 0.29) is 0 Å². The maximum absolute atomic E-state index is 5.43. The van der Waals surface area contributed by atoms with Gasteiger partial charge in [0, 0.05) is 44.4 Å². The summed E-state index contributed by atoms with van der Waals surface area (Å²) >= 11 is 1.84. The fraction of sp³-hybridized carbons (Fsp3) is 0.400. The molecule has 4 heteroatoms. The quantitative estimate of drug-likeness (QED) is 0.284. The van der Waals surface area contributed by atoms with Gasteiger partial charge in [-0.25, -0.2) is 0 Å². The number of aromatic nitrogens is 1. The van der Waals surface area contributed by atoms with Crippen LogP contribution in [-0.4, -0.2) is 21.2 Å². The molecule has 29 heavy (non-hydrogen) atoms. The Labute approximate surface area is 179 Å². The van der Waals surface area contributed by atoms with Crippen molar-refractivity contribution < 1.29 is 9.30 Å². The van der Waals surface area contributed by atoms with Gasteiger partial charge in [-0.3, -0.25) is 0 Å². The predicted molar refractivity (Wildman–Crippen MR) is 127 cm³/mol. The summed E-state index contributed by atoms with van der Waals surface area (Å²) in [7, 11) is 5.87. The number of rotatable bonds is 10. The van der Waals surface area contributed by atoms with E-state index in [9.17, 15) is 0 Å². The Morgan fingerprint density at radius 3 is 2.41 bits per heavy atom. The van der Waals surface area contributed by atoms with Gasteiger partial charge in [-0.15, -0.1) is 0 Å². The lowest BCUT2D eigenvalue weighted by Gasteiger charge is -2.11. The van der Waals surface area contributed by atoms with Crippen molar-refractivity contribution in [1.82, 2.24) is 0 Å². The van der Waals surface area contributed by atoms with E-state index in [1.165, 1.54) is 58.6 Å². The van der Waals surface area contributed by atoms with Crippen molar-refractivity contribution in [2.45, 2.75) is 45.6 Å². The number of unbranched alkanes of at least 4 members (excludes halogenated alkanes) is 4. The average molecular weight is 410 g/mol. The molecule has 0 unspecified atom stereocenters. The van der Waals surface area contributed by atoms with Crippen molar-refractivity contribution in [2.75, 3.05) is 26.1 Å². The summed E-state index contributed by atoms with van der Waals surface area (Å²) in [6.45, 7) is 3.33. The molecule has 1 heterocycles. The summed E-state index contributed by atoms with van der Waals surface area (Å²) in [5.74, 6) is 0.920. The highest BCUT2D eigenvalue weighted by molar-refractivity contribution is 7.18. The minimum Gasteiger partial charge on any atom is -0.497 e. The van der Waals surface area contributed by atoms with Gasteiger partial charge in [0.15, 0.2) is 6.54 Å². The summed E-state index contributed by atoms with van der Waals surface area (Å²) in [6, 6.07) is 15.1. The van der Waals surface area contributed by atoms with E-state index < -0.39 is 0 Å². The zero-order chi connectivity index (χ0) is 20.6. The molecule has 0 saturated heterocycles. The van der Waals surface area contributed by atoms with Gasteiger partial charge in [0.1, 0.15) is 10.4 Å². The lowest BCUT2D eigenvalue weighted by molar-refractivity contribution is -0.669. The van der Waals surface area contributed by atoms with Crippen LogP contribution in [0, 0.1) is 0 Å². The number of ether oxygens (including phenoxy) is 1. The summed E-state index contributed by atoms with van der Waals surface area (Å²) in [6.07, 6.45) is 10.9. The van der Waals surface area contributed by atoms with Gasteiger partial charge in [0.05, 0.1) is 7.11 Å². The molecule has 1 aromatic heterocycles. The van der Waals surface area contributed by atoms with Gasteiger partial charge >= 0.3 is 0 Å². The van der Waals surface area contributed by atoms with Gasteiger partial charge in [-0.05, 0) is 36.3 Å². The number of aryl methyl sites for hydroxylation is 1. The molecule has 3 rings (SSSR count). The van der Waals surface area contributed by atoms with Crippen LogP contribution >= 0.6 is 11.3 Å². The Kier molecular flexibility index (Phi) is 7.70. The predicted octanol–water partition coefficient (Wildman–Crippen LogP) is 6.40. The zero-order valence-electron chi connectivity index (χ0n) is 18.1. The number of benzene rings is 2. The molecule has 0 aliphatic rings. The molecule has 154 valence electrons. The number of hydrogen-bond acceptors (Lipinski definition) is 3. The van der Waals surface area contributed by atoms with E-state index >= 15 is 0 Å². The molecule has 0 amide bonds. The summed E-state index contributed by atoms with van der Waals surface area (Å²) < 4.78 is 9.18. The molecule has 0 N–H and O–H groups in total. The Balaban J connectivity index is 1.84. The molecular weight excluding hydrogens is 376 g/mol. The molecule has 0 aliphatic heterocycles. The second-order valence-electron chi connectivity index (χ2n) is 7.66. The molecule has 0 spiro atoms. The van der Waals surface area contributed by atoms with Crippen molar-refractivity contribution in [3.05, 3.63) is 53.0 Å². The lowest BCUT2D eigenvalue weighted by atomic mass is 10.1. The number of anilines is 1. The number of thiazole rings is 1. The highest BCUT2D eigenvalue weighted by atomic mass is 32.1. The molecule has 0 radical (unpaired) electrons. The van der Waals surface area contributed by atoms with E-state index in [0.717, 1.165) is 12.3 Å². The first kappa shape index (κ1) is 21.4. The maximum atomic E-state index is 5.43. The fourth-order valence-electron chi connectivity index (χ4n) is 3.49. The number of nitrogens with zero attached hydrogens (tertiary/aromatic N) is 2. The van der Waals surface area contributed by atoms with Crippen molar-refractivity contribution in [3.8, 4) is 5.75 Å². The second kappa shape index (κ2) is 10.4. The van der Waals surface area contributed by atoms with Crippen LogP contribution in [0.2, 0.25) is 0 Å². The van der Waals surface area contributed by atoms with Crippen molar-refractivity contribution in [3.63, 3.8) is 0 Å². The van der Waals surface area contributed by atoms with Crippen LogP contribution in [0.5, 0.6) is 5.75 Å². The van der Waals surface area contributed by atoms with Gasteiger partial charge in [-0.2, -0.15) is 4.57 Å². The van der Waals surface area contributed by atoms with Crippen LogP contribution in [0.15, 0.2) is 42.5 Å². The van der Waals surface area contributed by atoms with Crippen LogP contribution in [0.4, 0.5) is 5.69 Å². The third kappa shape index (κ3) is 5.60. The minimum absolute atomic E-state index is 0.920. The largest absolute Gasteiger partial charge is 0.497 e. The highest BCUT2D eigenvalue weighted by Crippen LogP contribution is 2.27. The first-order valence-electron chi connectivity index (χ1n) is 10.6. The molecule has 0 saturated carbocycles. The van der Waals surface area contributed by atoms with E-state index in [4.69, 9.17) is 4.74 Å². The van der Waals surface area contributed by atoms with Crippen molar-refractivity contribution in [1.29, 1.82) is 0 Å². The summed E-state index contributed by atoms with van der Waals surface area (Å²) in [4.78, 5) is 2.12. The molecule has 2 aromatic carbocycles. The lowest BCUT2D eigenvalue weighted by Crippen LogP contribution is -2.35. The van der Waals surface area contributed by atoms with E-state index in [1.54, 1.807) is 7.11 Å². The Bertz CT molecular complexity index is 941. The SMILES string of the molecule is CCCCCCC[n+]1c(/C=C/c2ccc(N(C)C)cc2)sc2cc(OC)ccc21.